The molecule has 1 unspecified atom stereocenters. The molecule has 0 spiro atoms. The van der Waals surface area contributed by atoms with Crippen molar-refractivity contribution >= 4 is 17.7 Å². The molecule has 0 bridgehead atoms. The Morgan fingerprint density at radius 3 is 2.33 bits per heavy atom. The highest BCUT2D eigenvalue weighted by atomic mass is 19.4. The van der Waals surface area contributed by atoms with Gasteiger partial charge in [-0.3, -0.25) is 4.79 Å². The fourth-order valence-electron chi connectivity index (χ4n) is 5.04. The summed E-state index contributed by atoms with van der Waals surface area (Å²) >= 11 is 0. The second-order valence-corrected chi connectivity index (χ2v) is 12.6. The highest BCUT2D eigenvalue weighted by Gasteiger charge is 2.36. The number of alkyl halides is 3. The number of amides is 2. The zero-order valence-electron chi connectivity index (χ0n) is 26.2. The monoisotopic (exact) mass is 633 g/mol. The molecular weight excluding hydrogens is 595 g/mol. The van der Waals surface area contributed by atoms with Gasteiger partial charge in [-0.15, -0.1) is 0 Å². The zero-order chi connectivity index (χ0) is 33.1. The lowest BCUT2D eigenvalue weighted by molar-refractivity contribution is -0.141. The van der Waals surface area contributed by atoms with Crippen molar-refractivity contribution in [2.45, 2.75) is 64.9 Å². The van der Waals surface area contributed by atoms with Crippen LogP contribution in [0.25, 0.3) is 5.69 Å². The second-order valence-electron chi connectivity index (χ2n) is 12.6. The van der Waals surface area contributed by atoms with E-state index < -0.39 is 29.5 Å². The average Bonchev–Trinajstić information content (AvgIpc) is 3.69. The molecule has 11 heteroatoms. The van der Waals surface area contributed by atoms with Gasteiger partial charge in [-0.1, -0.05) is 54.1 Å². The number of benzene rings is 3. The van der Waals surface area contributed by atoms with Crippen molar-refractivity contribution in [2.75, 3.05) is 11.9 Å². The Kier molecular flexibility index (Phi) is 9.52. The van der Waals surface area contributed by atoms with Crippen LogP contribution in [0.2, 0.25) is 0 Å². The first kappa shape index (κ1) is 32.7. The summed E-state index contributed by atoms with van der Waals surface area (Å²) in [4.78, 5) is 25.7. The van der Waals surface area contributed by atoms with Gasteiger partial charge in [0.25, 0.3) is 5.91 Å². The van der Waals surface area contributed by atoms with E-state index in [1.165, 1.54) is 12.8 Å². The Morgan fingerprint density at radius 2 is 1.65 bits per heavy atom. The minimum Gasteiger partial charge on any atom is -0.444 e. The van der Waals surface area contributed by atoms with E-state index in [-0.39, 0.29) is 24.0 Å². The van der Waals surface area contributed by atoms with E-state index >= 15 is 0 Å². The summed E-state index contributed by atoms with van der Waals surface area (Å²) in [6.07, 6.45) is -3.02. The number of alkyl carbamates (subject to hydrolysis) is 1. The first-order chi connectivity index (χ1) is 21.7. The number of hydrogen-bond donors (Lipinski definition) is 3. The van der Waals surface area contributed by atoms with Crippen molar-refractivity contribution < 1.29 is 27.5 Å². The number of rotatable bonds is 10. The van der Waals surface area contributed by atoms with Crippen LogP contribution in [0.15, 0.2) is 78.9 Å². The minimum absolute atomic E-state index is 0.0569. The van der Waals surface area contributed by atoms with Crippen LogP contribution in [0.4, 0.5) is 23.7 Å². The number of aromatic nitrogens is 2. The van der Waals surface area contributed by atoms with Gasteiger partial charge in [0, 0.05) is 18.3 Å². The van der Waals surface area contributed by atoms with E-state index in [9.17, 15) is 22.8 Å². The average molecular weight is 634 g/mol. The van der Waals surface area contributed by atoms with Crippen LogP contribution >= 0.6 is 0 Å². The predicted octanol–water partition coefficient (Wildman–Crippen LogP) is 7.57. The fourth-order valence-corrected chi connectivity index (χ4v) is 5.04. The van der Waals surface area contributed by atoms with Gasteiger partial charge in [-0.05, 0) is 94.0 Å². The molecule has 8 nitrogen and oxygen atoms in total. The Hall–Kier alpha value is -4.64. The number of aryl methyl sites for hydroxylation is 1. The summed E-state index contributed by atoms with van der Waals surface area (Å²) in [7, 11) is 0. The molecule has 5 rings (SSSR count). The number of hydrogen-bond acceptors (Lipinski definition) is 5. The van der Waals surface area contributed by atoms with Gasteiger partial charge in [-0.2, -0.15) is 18.3 Å². The molecule has 4 aromatic rings. The van der Waals surface area contributed by atoms with Crippen LogP contribution in [0, 0.1) is 12.8 Å². The van der Waals surface area contributed by atoms with Crippen LogP contribution in [0.3, 0.4) is 0 Å². The maximum Gasteiger partial charge on any atom is 0.435 e. The normalized spacial score (nSPS) is 14.1. The fraction of sp³-hybridized carbons (Fsp3) is 0.343. The molecule has 1 heterocycles. The summed E-state index contributed by atoms with van der Waals surface area (Å²) in [5, 5.41) is 12.8. The van der Waals surface area contributed by atoms with Crippen molar-refractivity contribution in [2.24, 2.45) is 5.92 Å². The summed E-state index contributed by atoms with van der Waals surface area (Å²) in [6.45, 7) is 8.16. The molecule has 1 aliphatic rings. The number of carbonyl (C=O) groups is 2. The number of anilines is 1. The Morgan fingerprint density at radius 1 is 0.957 bits per heavy atom. The molecule has 0 aliphatic heterocycles. The summed E-state index contributed by atoms with van der Waals surface area (Å²) in [5.41, 5.74) is 2.17. The third kappa shape index (κ3) is 8.75. The SMILES string of the molecule is Cc1cccc(C(NCC2CC2)c2cccc(NC(=O)c3cc(C(F)(F)F)nn3-c3cccc(CNC(=O)OC(C)(C)C)c3)c2)c1. The molecule has 1 aromatic heterocycles. The molecule has 1 aliphatic carbocycles. The Bertz CT molecular complexity index is 1710. The van der Waals surface area contributed by atoms with Crippen molar-refractivity contribution in [3.05, 3.63) is 113 Å². The van der Waals surface area contributed by atoms with Crippen LogP contribution in [-0.4, -0.2) is 33.9 Å². The topological polar surface area (TPSA) is 97.3 Å². The van der Waals surface area contributed by atoms with Crippen LogP contribution in [-0.2, 0) is 17.5 Å². The van der Waals surface area contributed by atoms with E-state index in [4.69, 9.17) is 4.74 Å². The number of nitrogens with zero attached hydrogens (tertiary/aromatic N) is 2. The maximum atomic E-state index is 13.8. The van der Waals surface area contributed by atoms with Gasteiger partial charge in [0.05, 0.1) is 11.7 Å². The molecule has 0 saturated heterocycles. The van der Waals surface area contributed by atoms with Gasteiger partial charge < -0.3 is 20.7 Å². The van der Waals surface area contributed by atoms with Crippen molar-refractivity contribution in [1.29, 1.82) is 0 Å². The molecule has 242 valence electrons. The third-order valence-corrected chi connectivity index (χ3v) is 7.38. The van der Waals surface area contributed by atoms with E-state index in [0.29, 0.717) is 17.2 Å². The van der Waals surface area contributed by atoms with Crippen LogP contribution in [0.1, 0.15) is 78.1 Å². The molecule has 3 aromatic carbocycles. The third-order valence-electron chi connectivity index (χ3n) is 7.38. The van der Waals surface area contributed by atoms with Crippen LogP contribution in [0.5, 0.6) is 0 Å². The number of halogens is 3. The van der Waals surface area contributed by atoms with Gasteiger partial charge in [0.2, 0.25) is 0 Å². The van der Waals surface area contributed by atoms with Crippen molar-refractivity contribution in [3.63, 3.8) is 0 Å². The molecule has 1 atom stereocenters. The Balaban J connectivity index is 1.40. The van der Waals surface area contributed by atoms with E-state index in [1.807, 2.05) is 37.3 Å². The molecule has 3 N–H and O–H groups in total. The smallest absolute Gasteiger partial charge is 0.435 e. The summed E-state index contributed by atoms with van der Waals surface area (Å²) < 4.78 is 47.6. The van der Waals surface area contributed by atoms with E-state index in [2.05, 4.69) is 33.2 Å². The molecule has 0 radical (unpaired) electrons. The lowest BCUT2D eigenvalue weighted by Gasteiger charge is -2.21. The largest absolute Gasteiger partial charge is 0.444 e. The highest BCUT2D eigenvalue weighted by Crippen LogP contribution is 2.32. The standard InChI is InChI=1S/C35H38F3N5O3/c1-22-8-5-10-25(16-22)31(39-20-23-14-15-23)26-11-7-12-27(18-26)41-32(44)29-19-30(35(36,37)38)42-43(29)28-13-6-9-24(17-28)21-40-33(45)46-34(2,3)4/h5-13,16-19,23,31,39H,14-15,20-21H2,1-4H3,(H,40,45)(H,41,44). The summed E-state index contributed by atoms with van der Waals surface area (Å²) in [6, 6.07) is 22.5. The minimum atomic E-state index is -4.77. The zero-order valence-corrected chi connectivity index (χ0v) is 26.2. The second kappa shape index (κ2) is 13.4. The summed E-state index contributed by atoms with van der Waals surface area (Å²) in [5.74, 6) is -0.111. The lowest BCUT2D eigenvalue weighted by Crippen LogP contribution is -2.32. The maximum absolute atomic E-state index is 13.8. The molecular formula is C35H38F3N5O3. The predicted molar refractivity (Wildman–Crippen MR) is 170 cm³/mol. The van der Waals surface area contributed by atoms with E-state index in [1.54, 1.807) is 51.1 Å². The van der Waals surface area contributed by atoms with Gasteiger partial charge in [-0.25, -0.2) is 9.48 Å². The highest BCUT2D eigenvalue weighted by molar-refractivity contribution is 6.03. The number of carbonyl (C=O) groups excluding carboxylic acids is 2. The molecule has 1 fully saturated rings. The molecule has 1 saturated carbocycles. The first-order valence-electron chi connectivity index (χ1n) is 15.2. The van der Waals surface area contributed by atoms with E-state index in [0.717, 1.165) is 34.0 Å². The van der Waals surface area contributed by atoms with Crippen LogP contribution < -0.4 is 16.0 Å². The van der Waals surface area contributed by atoms with Crippen molar-refractivity contribution in [1.82, 2.24) is 20.4 Å². The molecule has 46 heavy (non-hydrogen) atoms. The quantitative estimate of drug-likeness (QED) is 0.167. The molecule has 2 amide bonds. The van der Waals surface area contributed by atoms with Gasteiger partial charge in [0.1, 0.15) is 11.3 Å². The number of ether oxygens (including phenoxy) is 1. The van der Waals surface area contributed by atoms with Gasteiger partial charge in [0.15, 0.2) is 5.69 Å². The van der Waals surface area contributed by atoms with Gasteiger partial charge >= 0.3 is 12.3 Å². The van der Waals surface area contributed by atoms with Crippen molar-refractivity contribution in [3.8, 4) is 5.69 Å². The first-order valence-corrected chi connectivity index (χ1v) is 15.2. The number of nitrogens with one attached hydrogen (secondary N) is 3. The lowest BCUT2D eigenvalue weighted by atomic mass is 9.96. The Labute approximate surface area is 266 Å².